The van der Waals surface area contributed by atoms with Crippen LogP contribution < -0.4 is 14.8 Å². The van der Waals surface area contributed by atoms with Crippen molar-refractivity contribution in [1.29, 1.82) is 0 Å². The van der Waals surface area contributed by atoms with Gasteiger partial charge in [0.15, 0.2) is 11.5 Å². The number of ether oxygens (including phenoxy) is 2. The van der Waals surface area contributed by atoms with Crippen LogP contribution in [-0.2, 0) is 11.0 Å². The van der Waals surface area contributed by atoms with Crippen LogP contribution in [0.5, 0.6) is 11.5 Å². The van der Waals surface area contributed by atoms with Crippen molar-refractivity contribution in [1.82, 2.24) is 10.2 Å². The van der Waals surface area contributed by atoms with Crippen LogP contribution >= 0.6 is 0 Å². The summed E-state index contributed by atoms with van der Waals surface area (Å²) in [7, 11) is 0. The number of halogens is 3. The fraction of sp³-hybridized carbons (Fsp3) is 0.364. The van der Waals surface area contributed by atoms with Crippen molar-refractivity contribution in [2.24, 2.45) is 0 Å². The molecule has 0 unspecified atom stereocenters. The molecule has 2 aliphatic rings. The summed E-state index contributed by atoms with van der Waals surface area (Å²) in [6.07, 6.45) is -3.43. The van der Waals surface area contributed by atoms with E-state index in [-0.39, 0.29) is 23.6 Å². The van der Waals surface area contributed by atoms with Gasteiger partial charge in [-0.2, -0.15) is 13.2 Å². The Morgan fingerprint density at radius 1 is 1.10 bits per heavy atom. The summed E-state index contributed by atoms with van der Waals surface area (Å²) >= 11 is 0. The molecule has 2 amide bonds. The van der Waals surface area contributed by atoms with E-state index < -0.39 is 23.7 Å². The molecule has 0 aromatic heterocycles. The van der Waals surface area contributed by atoms with E-state index in [1.54, 1.807) is 17.0 Å². The molecule has 6 nitrogen and oxygen atoms in total. The molecule has 31 heavy (non-hydrogen) atoms. The van der Waals surface area contributed by atoms with Crippen molar-refractivity contribution in [3.8, 4) is 11.5 Å². The number of amides is 2. The fourth-order valence-corrected chi connectivity index (χ4v) is 3.71. The molecule has 0 saturated carbocycles. The van der Waals surface area contributed by atoms with Gasteiger partial charge >= 0.3 is 6.18 Å². The van der Waals surface area contributed by atoms with Crippen LogP contribution in [0.15, 0.2) is 42.5 Å². The second kappa shape index (κ2) is 8.49. The van der Waals surface area contributed by atoms with Gasteiger partial charge in [-0.05, 0) is 42.3 Å². The maximum atomic E-state index is 13.2. The number of nitrogens with one attached hydrogen (secondary N) is 1. The quantitative estimate of drug-likeness (QED) is 0.782. The Balaban J connectivity index is 1.60. The van der Waals surface area contributed by atoms with E-state index in [0.29, 0.717) is 44.1 Å². The maximum Gasteiger partial charge on any atom is 0.416 e. The highest BCUT2D eigenvalue weighted by atomic mass is 19.4. The Morgan fingerprint density at radius 3 is 2.58 bits per heavy atom. The highest BCUT2D eigenvalue weighted by Crippen LogP contribution is 2.33. The third-order valence-corrected chi connectivity index (χ3v) is 5.30. The van der Waals surface area contributed by atoms with Gasteiger partial charge in [0.2, 0.25) is 5.91 Å². The molecule has 9 heteroatoms. The van der Waals surface area contributed by atoms with E-state index in [4.69, 9.17) is 9.47 Å². The largest absolute Gasteiger partial charge is 0.486 e. The lowest BCUT2D eigenvalue weighted by Gasteiger charge is -2.26. The molecule has 0 bridgehead atoms. The summed E-state index contributed by atoms with van der Waals surface area (Å²) in [6.45, 7) is 1.38. The van der Waals surface area contributed by atoms with E-state index in [2.05, 4.69) is 5.32 Å². The predicted molar refractivity (Wildman–Crippen MR) is 105 cm³/mol. The molecule has 0 aliphatic carbocycles. The Bertz CT molecular complexity index is 993. The average Bonchev–Trinajstić information content (AvgIpc) is 3.16. The molecule has 2 aromatic carbocycles. The monoisotopic (exact) mass is 434 g/mol. The van der Waals surface area contributed by atoms with Crippen molar-refractivity contribution in [3.05, 3.63) is 59.2 Å². The van der Waals surface area contributed by atoms with E-state index >= 15 is 0 Å². The normalized spacial score (nSPS) is 16.9. The first kappa shape index (κ1) is 21.0. The Hall–Kier alpha value is -3.23. The molecular weight excluding hydrogens is 413 g/mol. The minimum atomic E-state index is -4.51. The van der Waals surface area contributed by atoms with E-state index in [0.717, 1.165) is 12.1 Å². The van der Waals surface area contributed by atoms with Gasteiger partial charge in [0.1, 0.15) is 13.2 Å². The summed E-state index contributed by atoms with van der Waals surface area (Å²) in [5, 5.41) is 2.79. The number of carbonyl (C=O) groups is 2. The van der Waals surface area contributed by atoms with Crippen LogP contribution in [0.25, 0.3) is 0 Å². The number of likely N-dealkylation sites (tertiary alicyclic amines) is 1. The third-order valence-electron chi connectivity index (χ3n) is 5.30. The van der Waals surface area contributed by atoms with E-state index in [1.807, 2.05) is 0 Å². The van der Waals surface area contributed by atoms with Gasteiger partial charge in [-0.3, -0.25) is 9.59 Å². The number of hydrogen-bond acceptors (Lipinski definition) is 4. The highest BCUT2D eigenvalue weighted by Gasteiger charge is 2.32. The molecule has 1 saturated heterocycles. The standard InChI is InChI=1S/C22H21F3N2O4/c23-22(24,25)16-4-1-3-14(11-16)17(13-27-8-2-5-20(27)28)26-21(29)15-6-7-18-19(12-15)31-10-9-30-18/h1,3-4,6-7,11-12,17H,2,5,8-10,13H2,(H,26,29)/t17-/m1/s1. The minimum absolute atomic E-state index is 0.0782. The zero-order chi connectivity index (χ0) is 22.0. The summed E-state index contributed by atoms with van der Waals surface area (Å²) in [5.74, 6) is 0.403. The summed E-state index contributed by atoms with van der Waals surface area (Å²) in [5.41, 5.74) is -0.245. The van der Waals surface area contributed by atoms with Gasteiger partial charge in [0, 0.05) is 25.1 Å². The molecule has 1 atom stereocenters. The lowest BCUT2D eigenvalue weighted by molar-refractivity contribution is -0.137. The van der Waals surface area contributed by atoms with Crippen molar-refractivity contribution < 1.29 is 32.2 Å². The fourth-order valence-electron chi connectivity index (χ4n) is 3.71. The number of hydrogen-bond donors (Lipinski definition) is 1. The third kappa shape index (κ3) is 4.76. The van der Waals surface area contributed by atoms with Crippen LogP contribution in [0, 0.1) is 0 Å². The highest BCUT2D eigenvalue weighted by molar-refractivity contribution is 5.95. The number of rotatable bonds is 5. The zero-order valence-electron chi connectivity index (χ0n) is 16.6. The number of carbonyl (C=O) groups excluding carboxylic acids is 2. The maximum absolute atomic E-state index is 13.2. The molecule has 164 valence electrons. The molecule has 1 fully saturated rings. The Labute approximate surface area is 176 Å². The van der Waals surface area contributed by atoms with Gasteiger partial charge < -0.3 is 19.7 Å². The Morgan fingerprint density at radius 2 is 1.87 bits per heavy atom. The lowest BCUT2D eigenvalue weighted by Crippen LogP contribution is -2.38. The van der Waals surface area contributed by atoms with Gasteiger partial charge in [-0.1, -0.05) is 12.1 Å². The molecule has 2 heterocycles. The first-order chi connectivity index (χ1) is 14.8. The first-order valence-corrected chi connectivity index (χ1v) is 9.97. The van der Waals surface area contributed by atoms with Crippen molar-refractivity contribution >= 4 is 11.8 Å². The summed E-state index contributed by atoms with van der Waals surface area (Å²) in [4.78, 5) is 26.6. The van der Waals surface area contributed by atoms with Crippen LogP contribution in [0.3, 0.4) is 0 Å². The van der Waals surface area contributed by atoms with Gasteiger partial charge in [0.25, 0.3) is 5.91 Å². The molecule has 1 N–H and O–H groups in total. The molecule has 0 spiro atoms. The number of nitrogens with zero attached hydrogens (tertiary/aromatic N) is 1. The predicted octanol–water partition coefficient (Wildman–Crippen LogP) is 3.57. The lowest BCUT2D eigenvalue weighted by atomic mass is 10.0. The molecule has 0 radical (unpaired) electrons. The van der Waals surface area contributed by atoms with Crippen molar-refractivity contribution in [2.45, 2.75) is 25.1 Å². The zero-order valence-corrected chi connectivity index (χ0v) is 16.6. The van der Waals surface area contributed by atoms with Crippen LogP contribution in [0.2, 0.25) is 0 Å². The summed E-state index contributed by atoms with van der Waals surface area (Å²) < 4.78 is 50.6. The van der Waals surface area contributed by atoms with Crippen molar-refractivity contribution in [2.75, 3.05) is 26.3 Å². The molecular formula is C22H21F3N2O4. The molecule has 2 aromatic rings. The van der Waals surface area contributed by atoms with Crippen molar-refractivity contribution in [3.63, 3.8) is 0 Å². The van der Waals surface area contributed by atoms with Crippen LogP contribution in [0.4, 0.5) is 13.2 Å². The SMILES string of the molecule is O=C(N[C@H](CN1CCCC1=O)c1cccc(C(F)(F)F)c1)c1ccc2c(c1)OCCO2. The topological polar surface area (TPSA) is 67.9 Å². The molecule has 4 rings (SSSR count). The minimum Gasteiger partial charge on any atom is -0.486 e. The Kier molecular flexibility index (Phi) is 5.75. The van der Waals surface area contributed by atoms with Crippen LogP contribution in [-0.4, -0.2) is 43.0 Å². The number of alkyl halides is 3. The molecule has 2 aliphatic heterocycles. The van der Waals surface area contributed by atoms with Gasteiger partial charge in [-0.25, -0.2) is 0 Å². The number of fused-ring (bicyclic) bond motifs is 1. The second-order valence-corrected chi connectivity index (χ2v) is 7.45. The van der Waals surface area contributed by atoms with Gasteiger partial charge in [-0.15, -0.1) is 0 Å². The average molecular weight is 434 g/mol. The van der Waals surface area contributed by atoms with E-state index in [9.17, 15) is 22.8 Å². The second-order valence-electron chi connectivity index (χ2n) is 7.45. The smallest absolute Gasteiger partial charge is 0.416 e. The summed E-state index contributed by atoms with van der Waals surface area (Å²) in [6, 6.07) is 8.72. The van der Waals surface area contributed by atoms with Gasteiger partial charge in [0.05, 0.1) is 11.6 Å². The van der Waals surface area contributed by atoms with Crippen LogP contribution in [0.1, 0.15) is 40.4 Å². The van der Waals surface area contributed by atoms with E-state index in [1.165, 1.54) is 18.2 Å². The number of benzene rings is 2. The first-order valence-electron chi connectivity index (χ1n) is 9.97.